The molecule has 1 saturated heterocycles. The van der Waals surface area contributed by atoms with E-state index in [-0.39, 0.29) is 34.5 Å². The summed E-state index contributed by atoms with van der Waals surface area (Å²) in [4.78, 5) is 29.9. The summed E-state index contributed by atoms with van der Waals surface area (Å²) in [6.07, 6.45) is 6.25. The van der Waals surface area contributed by atoms with Crippen molar-refractivity contribution in [2.24, 2.45) is 0 Å². The summed E-state index contributed by atoms with van der Waals surface area (Å²) in [5.74, 6) is -1.78. The lowest BCUT2D eigenvalue weighted by Crippen LogP contribution is -2.48. The lowest BCUT2D eigenvalue weighted by Gasteiger charge is -2.33. The van der Waals surface area contributed by atoms with Gasteiger partial charge in [0.25, 0.3) is 0 Å². The summed E-state index contributed by atoms with van der Waals surface area (Å²) in [5.41, 5.74) is 1.78. The van der Waals surface area contributed by atoms with E-state index < -0.39 is 33.6 Å². The van der Waals surface area contributed by atoms with Crippen LogP contribution in [0.25, 0.3) is 11.0 Å². The molecule has 2 fully saturated rings. The minimum Gasteiger partial charge on any atom is -0.504 e. The summed E-state index contributed by atoms with van der Waals surface area (Å²) in [5, 5.41) is 31.9. The number of amides is 2. The second kappa shape index (κ2) is 12.9. The molecule has 236 valence electrons. The largest absolute Gasteiger partial charge is 0.504 e. The average molecular weight is 633 g/mol. The number of fused-ring (bicyclic) bond motifs is 1. The molecule has 0 radical (unpaired) electrons. The lowest BCUT2D eigenvalue weighted by molar-refractivity contribution is -0.127. The molecule has 12 nitrogen and oxygen atoms in total. The van der Waals surface area contributed by atoms with Crippen molar-refractivity contribution in [3.05, 3.63) is 72.3 Å². The van der Waals surface area contributed by atoms with Crippen molar-refractivity contribution < 1.29 is 28.2 Å². The second-order valence-corrected chi connectivity index (χ2v) is 13.5. The van der Waals surface area contributed by atoms with Gasteiger partial charge in [-0.2, -0.15) is 4.31 Å². The zero-order valence-electron chi connectivity index (χ0n) is 24.7. The van der Waals surface area contributed by atoms with Crippen molar-refractivity contribution in [2.45, 2.75) is 68.5 Å². The van der Waals surface area contributed by atoms with Gasteiger partial charge in [0, 0.05) is 24.8 Å². The molecule has 2 amide bonds. The number of anilines is 1. The number of benzene rings is 3. The number of hydrogen-bond acceptors (Lipinski definition) is 8. The Labute approximate surface area is 261 Å². The number of para-hydroxylation sites is 1. The van der Waals surface area contributed by atoms with Crippen LogP contribution in [-0.4, -0.2) is 68.9 Å². The number of phenolic OH excluding ortho intramolecular Hbond substituents is 2. The van der Waals surface area contributed by atoms with Gasteiger partial charge in [0.05, 0.1) is 10.4 Å². The number of nitrogens with zero attached hydrogens (tertiary/aromatic N) is 5. The van der Waals surface area contributed by atoms with E-state index in [0.717, 1.165) is 44.9 Å². The van der Waals surface area contributed by atoms with Crippen molar-refractivity contribution in [1.82, 2.24) is 24.6 Å². The van der Waals surface area contributed by atoms with E-state index in [9.17, 15) is 28.2 Å². The van der Waals surface area contributed by atoms with Crippen molar-refractivity contribution in [2.75, 3.05) is 18.0 Å². The predicted molar refractivity (Wildman–Crippen MR) is 167 cm³/mol. The minimum atomic E-state index is -3.72. The number of carbonyl (C=O) groups is 2. The maximum absolute atomic E-state index is 14.3. The summed E-state index contributed by atoms with van der Waals surface area (Å²) < 4.78 is 29.4. The summed E-state index contributed by atoms with van der Waals surface area (Å²) in [7, 11) is -3.72. The van der Waals surface area contributed by atoms with Crippen molar-refractivity contribution >= 4 is 38.6 Å². The third-order valence-electron chi connectivity index (χ3n) is 8.56. The first kappa shape index (κ1) is 30.5. The van der Waals surface area contributed by atoms with E-state index in [1.807, 2.05) is 12.1 Å². The average Bonchev–Trinajstić information content (AvgIpc) is 3.73. The fraction of sp³-hybridized carbons (Fsp3) is 0.375. The summed E-state index contributed by atoms with van der Waals surface area (Å²) in [6, 6.07) is 15.8. The zero-order chi connectivity index (χ0) is 31.6. The van der Waals surface area contributed by atoms with Crippen LogP contribution in [0.4, 0.5) is 5.69 Å². The molecule has 0 unspecified atom stereocenters. The number of aromatic nitrogens is 3. The number of sulfonamides is 1. The highest BCUT2D eigenvalue weighted by Gasteiger charge is 2.36. The van der Waals surface area contributed by atoms with Crippen LogP contribution in [0.3, 0.4) is 0 Å². The fourth-order valence-electron chi connectivity index (χ4n) is 6.19. The highest BCUT2D eigenvalue weighted by molar-refractivity contribution is 7.89. The van der Waals surface area contributed by atoms with Crippen LogP contribution < -0.4 is 10.2 Å². The number of phenols is 2. The molecule has 3 aromatic carbocycles. The van der Waals surface area contributed by atoms with Crippen molar-refractivity contribution in [3.8, 4) is 11.5 Å². The molecule has 1 aliphatic heterocycles. The zero-order valence-corrected chi connectivity index (χ0v) is 25.6. The normalized spacial score (nSPS) is 16.9. The first-order chi connectivity index (χ1) is 21.7. The number of rotatable bonds is 9. The molecule has 1 aromatic heterocycles. The van der Waals surface area contributed by atoms with Crippen molar-refractivity contribution in [3.63, 3.8) is 0 Å². The molecule has 2 aliphatic rings. The highest BCUT2D eigenvalue weighted by atomic mass is 32.2. The predicted octanol–water partition coefficient (Wildman–Crippen LogP) is 3.85. The Morgan fingerprint density at radius 3 is 2.33 bits per heavy atom. The van der Waals surface area contributed by atoms with Crippen LogP contribution in [0.1, 0.15) is 56.6 Å². The fourth-order valence-corrected chi connectivity index (χ4v) is 7.70. The maximum atomic E-state index is 14.3. The number of carbonyl (C=O) groups excluding carboxylic acids is 2. The van der Waals surface area contributed by atoms with E-state index in [0.29, 0.717) is 24.1 Å². The third-order valence-corrected chi connectivity index (χ3v) is 10.5. The Morgan fingerprint density at radius 1 is 0.911 bits per heavy atom. The highest BCUT2D eigenvalue weighted by Crippen LogP contribution is 2.35. The molecule has 45 heavy (non-hydrogen) atoms. The van der Waals surface area contributed by atoms with Crippen molar-refractivity contribution in [1.29, 1.82) is 0 Å². The molecule has 0 spiro atoms. The first-order valence-corrected chi connectivity index (χ1v) is 16.7. The monoisotopic (exact) mass is 632 g/mol. The number of nitrogens with one attached hydrogen (secondary N) is 1. The van der Waals surface area contributed by atoms with Gasteiger partial charge >= 0.3 is 0 Å². The quantitative estimate of drug-likeness (QED) is 0.235. The van der Waals surface area contributed by atoms with E-state index in [4.69, 9.17) is 0 Å². The summed E-state index contributed by atoms with van der Waals surface area (Å²) >= 11 is 0. The van der Waals surface area contributed by atoms with E-state index in [1.54, 1.807) is 12.1 Å². The Hall–Kier alpha value is -4.49. The van der Waals surface area contributed by atoms with Gasteiger partial charge in [-0.15, -0.1) is 5.10 Å². The first-order valence-electron chi connectivity index (χ1n) is 15.2. The molecule has 1 saturated carbocycles. The lowest BCUT2D eigenvalue weighted by atomic mass is 9.94. The van der Waals surface area contributed by atoms with Crippen LogP contribution in [0.15, 0.2) is 71.6 Å². The van der Waals surface area contributed by atoms with E-state index in [1.165, 1.54) is 56.4 Å². The Bertz CT molecular complexity index is 1800. The molecule has 2 heterocycles. The van der Waals surface area contributed by atoms with Gasteiger partial charge in [0.2, 0.25) is 21.8 Å². The van der Waals surface area contributed by atoms with Crippen LogP contribution in [0.2, 0.25) is 0 Å². The van der Waals surface area contributed by atoms with Gasteiger partial charge in [-0.3, -0.25) is 14.5 Å². The van der Waals surface area contributed by atoms with E-state index >= 15 is 0 Å². The van der Waals surface area contributed by atoms with Gasteiger partial charge in [-0.25, -0.2) is 13.1 Å². The molecular weight excluding hydrogens is 596 g/mol. The van der Waals surface area contributed by atoms with E-state index in [2.05, 4.69) is 15.6 Å². The van der Waals surface area contributed by atoms with Gasteiger partial charge in [-0.1, -0.05) is 42.7 Å². The van der Waals surface area contributed by atoms with Crippen LogP contribution >= 0.6 is 0 Å². The summed E-state index contributed by atoms with van der Waals surface area (Å²) in [6.45, 7) is 0.633. The Morgan fingerprint density at radius 2 is 1.62 bits per heavy atom. The molecule has 1 aliphatic carbocycles. The van der Waals surface area contributed by atoms with Gasteiger partial charge in [0.15, 0.2) is 11.5 Å². The third kappa shape index (κ3) is 6.36. The minimum absolute atomic E-state index is 0.0800. The molecule has 4 aromatic rings. The molecule has 13 heteroatoms. The number of hydrogen-bond donors (Lipinski definition) is 3. The molecule has 1 atom stereocenters. The van der Waals surface area contributed by atoms with Crippen LogP contribution in [0, 0.1) is 0 Å². The van der Waals surface area contributed by atoms with Gasteiger partial charge in [0.1, 0.15) is 18.1 Å². The standard InChI is InChI=1S/C32H36N6O6S/c39-28-17-12-22(20-29(28)40)31(32(42)33-23-8-2-1-3-9-23)38(30(41)21-37-27-11-5-4-10-26(27)34-35-37)24-13-15-25(16-14-24)45(43,44)36-18-6-7-19-36/h4-5,10-17,20,23,31,39-40H,1-3,6-9,18-19,21H2,(H,33,42)/t31-/m0/s1. The molecule has 6 rings (SSSR count). The van der Waals surface area contributed by atoms with Gasteiger partial charge in [-0.05, 0) is 79.8 Å². The maximum Gasteiger partial charge on any atom is 0.249 e. The molecular formula is C32H36N6O6S. The Kier molecular flexibility index (Phi) is 8.72. The topological polar surface area (TPSA) is 158 Å². The van der Waals surface area contributed by atoms with Crippen LogP contribution in [-0.2, 0) is 26.2 Å². The smallest absolute Gasteiger partial charge is 0.249 e. The Balaban J connectivity index is 1.42. The SMILES string of the molecule is O=C(NC1CCCCC1)[C@H](c1ccc(O)c(O)c1)N(C(=O)Cn1nnc2ccccc21)c1ccc(S(=O)(=O)N2CCCC2)cc1. The van der Waals surface area contributed by atoms with Gasteiger partial charge < -0.3 is 15.5 Å². The van der Waals surface area contributed by atoms with Crippen LogP contribution in [0.5, 0.6) is 11.5 Å². The second-order valence-electron chi connectivity index (χ2n) is 11.6. The molecule has 3 N–H and O–H groups in total. The number of aromatic hydroxyl groups is 2. The molecule has 0 bridgehead atoms.